The first kappa shape index (κ1) is 19.4. The van der Waals surface area contributed by atoms with E-state index in [4.69, 9.17) is 4.74 Å². The van der Waals surface area contributed by atoms with Gasteiger partial charge in [0.05, 0.1) is 10.8 Å². The predicted octanol–water partition coefficient (Wildman–Crippen LogP) is 2.45. The lowest BCUT2D eigenvalue weighted by atomic mass is 9.97. The van der Waals surface area contributed by atoms with Crippen molar-refractivity contribution in [1.82, 2.24) is 10.2 Å². The van der Waals surface area contributed by atoms with Crippen LogP contribution in [0.15, 0.2) is 17.5 Å². The zero-order chi connectivity index (χ0) is 18.2. The van der Waals surface area contributed by atoms with E-state index < -0.39 is 0 Å². The molecule has 0 bridgehead atoms. The van der Waals surface area contributed by atoms with Crippen molar-refractivity contribution in [3.05, 3.63) is 22.4 Å². The Morgan fingerprint density at radius 1 is 1.28 bits per heavy atom. The molecule has 2 amide bonds. The molecule has 0 radical (unpaired) electrons. The third-order valence-corrected chi connectivity index (χ3v) is 5.40. The van der Waals surface area contributed by atoms with Gasteiger partial charge in [0.25, 0.3) is 11.8 Å². The lowest BCUT2D eigenvalue weighted by Gasteiger charge is -2.30. The van der Waals surface area contributed by atoms with Crippen molar-refractivity contribution in [2.75, 3.05) is 19.7 Å². The molecule has 25 heavy (non-hydrogen) atoms. The minimum Gasteiger partial charge on any atom is -0.455 e. The molecule has 7 heteroatoms. The van der Waals surface area contributed by atoms with Crippen LogP contribution in [-0.2, 0) is 14.3 Å². The van der Waals surface area contributed by atoms with Crippen LogP contribution in [0.3, 0.4) is 0 Å². The fourth-order valence-electron chi connectivity index (χ4n) is 2.89. The van der Waals surface area contributed by atoms with Gasteiger partial charge in [-0.3, -0.25) is 14.4 Å². The van der Waals surface area contributed by atoms with Crippen LogP contribution in [0.1, 0.15) is 49.2 Å². The molecule has 1 aromatic heterocycles. The first-order chi connectivity index (χ1) is 12.0. The van der Waals surface area contributed by atoms with Gasteiger partial charge in [-0.25, -0.2) is 0 Å². The number of carbonyl (C=O) groups is 3. The topological polar surface area (TPSA) is 75.7 Å². The number of thiophene rings is 1. The molecule has 1 saturated heterocycles. The monoisotopic (exact) mass is 366 g/mol. The molecule has 1 fully saturated rings. The SMILES string of the molecule is CCC(CC)NC(=O)COC(=O)C1CCN(C(=O)c2cccs2)CC1. The molecular formula is C18H26N2O4S. The molecule has 2 heterocycles. The average Bonchev–Trinajstić information content (AvgIpc) is 3.18. The van der Waals surface area contributed by atoms with E-state index in [1.54, 1.807) is 4.90 Å². The first-order valence-corrected chi connectivity index (χ1v) is 9.71. The van der Waals surface area contributed by atoms with Crippen LogP contribution in [0.5, 0.6) is 0 Å². The largest absolute Gasteiger partial charge is 0.455 e. The van der Waals surface area contributed by atoms with Crippen molar-refractivity contribution in [2.24, 2.45) is 5.92 Å². The maximum Gasteiger partial charge on any atom is 0.309 e. The summed E-state index contributed by atoms with van der Waals surface area (Å²) < 4.78 is 5.15. The number of amides is 2. The van der Waals surface area contributed by atoms with Gasteiger partial charge in [-0.2, -0.15) is 0 Å². The van der Waals surface area contributed by atoms with E-state index in [0.29, 0.717) is 25.9 Å². The van der Waals surface area contributed by atoms with E-state index in [1.165, 1.54) is 11.3 Å². The van der Waals surface area contributed by atoms with E-state index in [9.17, 15) is 14.4 Å². The second-order valence-electron chi connectivity index (χ2n) is 6.23. The van der Waals surface area contributed by atoms with Crippen molar-refractivity contribution in [1.29, 1.82) is 0 Å². The molecular weight excluding hydrogens is 340 g/mol. The minimum absolute atomic E-state index is 0.0198. The molecule has 0 unspecified atom stereocenters. The van der Waals surface area contributed by atoms with Gasteiger partial charge in [0.2, 0.25) is 0 Å². The number of hydrogen-bond donors (Lipinski definition) is 1. The fourth-order valence-corrected chi connectivity index (χ4v) is 3.58. The summed E-state index contributed by atoms with van der Waals surface area (Å²) in [7, 11) is 0. The Morgan fingerprint density at radius 2 is 1.96 bits per heavy atom. The van der Waals surface area contributed by atoms with E-state index >= 15 is 0 Å². The van der Waals surface area contributed by atoms with Crippen LogP contribution in [0, 0.1) is 5.92 Å². The number of nitrogens with one attached hydrogen (secondary N) is 1. The number of esters is 1. The van der Waals surface area contributed by atoms with Crippen LogP contribution in [0.4, 0.5) is 0 Å². The first-order valence-electron chi connectivity index (χ1n) is 8.83. The standard InChI is InChI=1S/C18H26N2O4S/c1-3-14(4-2)19-16(21)12-24-18(23)13-7-9-20(10-8-13)17(22)15-6-5-11-25-15/h5-6,11,13-14H,3-4,7-10,12H2,1-2H3,(H,19,21). The molecule has 0 saturated carbocycles. The second kappa shape index (κ2) is 9.56. The van der Waals surface area contributed by atoms with Gasteiger partial charge in [0.15, 0.2) is 6.61 Å². The van der Waals surface area contributed by atoms with Crippen molar-refractivity contribution in [3.63, 3.8) is 0 Å². The number of nitrogens with zero attached hydrogens (tertiary/aromatic N) is 1. The molecule has 1 aliphatic heterocycles. The molecule has 0 atom stereocenters. The van der Waals surface area contributed by atoms with E-state index in [0.717, 1.165) is 17.7 Å². The molecule has 0 aromatic carbocycles. The van der Waals surface area contributed by atoms with Gasteiger partial charge in [0.1, 0.15) is 0 Å². The smallest absolute Gasteiger partial charge is 0.309 e. The molecule has 1 N–H and O–H groups in total. The summed E-state index contributed by atoms with van der Waals surface area (Å²) in [4.78, 5) is 38.7. The van der Waals surface area contributed by atoms with Crippen molar-refractivity contribution in [2.45, 2.75) is 45.6 Å². The summed E-state index contributed by atoms with van der Waals surface area (Å²) in [5.74, 6) is -0.824. The lowest BCUT2D eigenvalue weighted by molar-refractivity contribution is -0.154. The Morgan fingerprint density at radius 3 is 2.52 bits per heavy atom. The Labute approximate surface area is 152 Å². The van der Waals surface area contributed by atoms with Gasteiger partial charge in [0, 0.05) is 19.1 Å². The van der Waals surface area contributed by atoms with Crippen molar-refractivity contribution in [3.8, 4) is 0 Å². The van der Waals surface area contributed by atoms with E-state index in [-0.39, 0.29) is 36.4 Å². The number of hydrogen-bond acceptors (Lipinski definition) is 5. The Balaban J connectivity index is 1.72. The van der Waals surface area contributed by atoms with Gasteiger partial charge in [-0.05, 0) is 37.1 Å². The van der Waals surface area contributed by atoms with E-state index in [2.05, 4.69) is 5.32 Å². The van der Waals surface area contributed by atoms with Crippen LogP contribution < -0.4 is 5.32 Å². The molecule has 138 valence electrons. The summed E-state index contributed by atoms with van der Waals surface area (Å²) in [6.07, 6.45) is 2.86. The third kappa shape index (κ3) is 5.56. The average molecular weight is 366 g/mol. The fraction of sp³-hybridized carbons (Fsp3) is 0.611. The number of carbonyl (C=O) groups excluding carboxylic acids is 3. The molecule has 2 rings (SSSR count). The van der Waals surface area contributed by atoms with Crippen LogP contribution >= 0.6 is 11.3 Å². The summed E-state index contributed by atoms with van der Waals surface area (Å²) in [5.41, 5.74) is 0. The number of rotatable bonds is 7. The van der Waals surface area contributed by atoms with Gasteiger partial charge >= 0.3 is 5.97 Å². The highest BCUT2D eigenvalue weighted by Crippen LogP contribution is 2.21. The van der Waals surface area contributed by atoms with E-state index in [1.807, 2.05) is 31.4 Å². The van der Waals surface area contributed by atoms with Crippen molar-refractivity contribution >= 4 is 29.1 Å². The summed E-state index contributed by atoms with van der Waals surface area (Å²) >= 11 is 1.42. The maximum atomic E-state index is 12.3. The Bertz CT molecular complexity index is 576. The highest BCUT2D eigenvalue weighted by atomic mass is 32.1. The zero-order valence-electron chi connectivity index (χ0n) is 14.8. The summed E-state index contributed by atoms with van der Waals surface area (Å²) in [6.45, 7) is 4.86. The molecule has 0 aliphatic carbocycles. The second-order valence-corrected chi connectivity index (χ2v) is 7.18. The summed E-state index contributed by atoms with van der Waals surface area (Å²) in [5, 5.41) is 4.72. The van der Waals surface area contributed by atoms with Crippen LogP contribution in [-0.4, -0.2) is 48.4 Å². The minimum atomic E-state index is -0.345. The summed E-state index contributed by atoms with van der Waals surface area (Å²) in [6, 6.07) is 3.79. The lowest BCUT2D eigenvalue weighted by Crippen LogP contribution is -2.41. The maximum absolute atomic E-state index is 12.3. The highest BCUT2D eigenvalue weighted by molar-refractivity contribution is 7.12. The van der Waals surface area contributed by atoms with Gasteiger partial charge in [-0.15, -0.1) is 11.3 Å². The van der Waals surface area contributed by atoms with Crippen LogP contribution in [0.2, 0.25) is 0 Å². The van der Waals surface area contributed by atoms with Gasteiger partial charge in [-0.1, -0.05) is 19.9 Å². The molecule has 0 spiro atoms. The normalized spacial score (nSPS) is 15.2. The molecule has 1 aliphatic rings. The Kier molecular flexibility index (Phi) is 7.43. The van der Waals surface area contributed by atoms with Gasteiger partial charge < -0.3 is 15.0 Å². The Hall–Kier alpha value is -1.89. The number of piperidine rings is 1. The molecule has 6 nitrogen and oxygen atoms in total. The third-order valence-electron chi connectivity index (χ3n) is 4.54. The number of likely N-dealkylation sites (tertiary alicyclic amines) is 1. The zero-order valence-corrected chi connectivity index (χ0v) is 15.6. The highest BCUT2D eigenvalue weighted by Gasteiger charge is 2.29. The quantitative estimate of drug-likeness (QED) is 0.752. The van der Waals surface area contributed by atoms with Crippen molar-refractivity contribution < 1.29 is 19.1 Å². The van der Waals surface area contributed by atoms with Crippen LogP contribution in [0.25, 0.3) is 0 Å². The number of ether oxygens (including phenoxy) is 1. The predicted molar refractivity (Wildman–Crippen MR) is 96.4 cm³/mol. The molecule has 1 aromatic rings.